The van der Waals surface area contributed by atoms with Gasteiger partial charge in [-0.25, -0.2) is 0 Å². The SMILES string of the molecule is CCS(=O)(=O)Oc1cccc(CN(Cc2ccco2)C(=O)c2ccc(C(C)(C)C)cc2)c1. The summed E-state index contributed by atoms with van der Waals surface area (Å²) >= 11 is 0. The van der Waals surface area contributed by atoms with Crippen LogP contribution in [-0.4, -0.2) is 25.0 Å². The second-order valence-corrected chi connectivity index (χ2v) is 10.5. The summed E-state index contributed by atoms with van der Waals surface area (Å²) in [4.78, 5) is 15.0. The van der Waals surface area contributed by atoms with Crippen molar-refractivity contribution in [1.82, 2.24) is 4.90 Å². The van der Waals surface area contributed by atoms with Crippen molar-refractivity contribution in [2.75, 3.05) is 5.75 Å². The molecule has 0 fully saturated rings. The first-order chi connectivity index (χ1) is 15.1. The smallest absolute Gasteiger partial charge is 0.308 e. The minimum atomic E-state index is -3.63. The highest BCUT2D eigenvalue weighted by atomic mass is 32.2. The molecule has 1 amide bonds. The molecule has 0 unspecified atom stereocenters. The molecule has 32 heavy (non-hydrogen) atoms. The Bertz CT molecular complexity index is 1140. The van der Waals surface area contributed by atoms with Crippen LogP contribution in [0.15, 0.2) is 71.3 Å². The summed E-state index contributed by atoms with van der Waals surface area (Å²) in [7, 11) is -3.63. The van der Waals surface area contributed by atoms with Gasteiger partial charge in [-0.1, -0.05) is 45.0 Å². The number of carbonyl (C=O) groups excluding carboxylic acids is 1. The van der Waals surface area contributed by atoms with Crippen molar-refractivity contribution < 1.29 is 21.8 Å². The zero-order valence-electron chi connectivity index (χ0n) is 18.9. The third-order valence-electron chi connectivity index (χ3n) is 5.06. The fraction of sp³-hybridized carbons (Fsp3) is 0.320. The summed E-state index contributed by atoms with van der Waals surface area (Å²) in [6.45, 7) is 8.45. The van der Waals surface area contributed by atoms with Crippen molar-refractivity contribution in [3.05, 3.63) is 89.4 Å². The van der Waals surface area contributed by atoms with Gasteiger partial charge < -0.3 is 13.5 Å². The number of nitrogens with zero attached hydrogens (tertiary/aromatic N) is 1. The zero-order valence-corrected chi connectivity index (χ0v) is 19.7. The number of hydrogen-bond donors (Lipinski definition) is 0. The van der Waals surface area contributed by atoms with E-state index >= 15 is 0 Å². The van der Waals surface area contributed by atoms with E-state index in [2.05, 4.69) is 20.8 Å². The number of amides is 1. The number of benzene rings is 2. The van der Waals surface area contributed by atoms with E-state index in [-0.39, 0.29) is 35.9 Å². The fourth-order valence-corrected chi connectivity index (χ4v) is 3.72. The molecule has 0 saturated heterocycles. The van der Waals surface area contributed by atoms with Gasteiger partial charge in [-0.05, 0) is 59.9 Å². The highest BCUT2D eigenvalue weighted by Crippen LogP contribution is 2.24. The average molecular weight is 456 g/mol. The maximum atomic E-state index is 13.4. The predicted molar refractivity (Wildman–Crippen MR) is 124 cm³/mol. The highest BCUT2D eigenvalue weighted by Gasteiger charge is 2.20. The molecule has 0 atom stereocenters. The largest absolute Gasteiger partial charge is 0.467 e. The van der Waals surface area contributed by atoms with E-state index in [1.807, 2.05) is 36.4 Å². The minimum absolute atomic E-state index is 0.00526. The van der Waals surface area contributed by atoms with Crippen LogP contribution < -0.4 is 4.18 Å². The average Bonchev–Trinajstić information content (AvgIpc) is 3.25. The monoisotopic (exact) mass is 455 g/mol. The van der Waals surface area contributed by atoms with Gasteiger partial charge in [0.2, 0.25) is 0 Å². The summed E-state index contributed by atoms with van der Waals surface area (Å²) in [5.41, 5.74) is 2.47. The van der Waals surface area contributed by atoms with Crippen molar-refractivity contribution in [3.8, 4) is 5.75 Å². The molecule has 0 aliphatic carbocycles. The molecule has 7 heteroatoms. The molecule has 1 aromatic heterocycles. The van der Waals surface area contributed by atoms with E-state index in [1.54, 1.807) is 35.4 Å². The normalized spacial score (nSPS) is 11.9. The first kappa shape index (κ1) is 23.6. The summed E-state index contributed by atoms with van der Waals surface area (Å²) in [5.74, 6) is 0.620. The van der Waals surface area contributed by atoms with Gasteiger partial charge in [-0.2, -0.15) is 8.42 Å². The Morgan fingerprint density at radius 2 is 1.72 bits per heavy atom. The molecule has 1 heterocycles. The second-order valence-electron chi connectivity index (χ2n) is 8.65. The molecule has 3 aromatic rings. The van der Waals surface area contributed by atoms with Gasteiger partial charge in [0.15, 0.2) is 0 Å². The first-order valence-electron chi connectivity index (χ1n) is 10.5. The summed E-state index contributed by atoms with van der Waals surface area (Å²) in [6.07, 6.45) is 1.57. The van der Waals surface area contributed by atoms with Crippen LogP contribution in [0.2, 0.25) is 0 Å². The molecule has 0 radical (unpaired) electrons. The lowest BCUT2D eigenvalue weighted by Crippen LogP contribution is -2.30. The molecular formula is C25H29NO5S. The Hall–Kier alpha value is -3.06. The third-order valence-corrected chi connectivity index (χ3v) is 6.21. The van der Waals surface area contributed by atoms with E-state index in [1.165, 1.54) is 6.92 Å². The van der Waals surface area contributed by atoms with Crippen LogP contribution in [0.4, 0.5) is 0 Å². The molecule has 0 aliphatic rings. The van der Waals surface area contributed by atoms with Gasteiger partial charge in [0.1, 0.15) is 11.5 Å². The maximum Gasteiger partial charge on any atom is 0.308 e. The molecule has 0 saturated carbocycles. The second kappa shape index (κ2) is 9.61. The zero-order chi connectivity index (χ0) is 23.4. The lowest BCUT2D eigenvalue weighted by atomic mass is 9.86. The maximum absolute atomic E-state index is 13.4. The molecule has 0 spiro atoms. The topological polar surface area (TPSA) is 76.8 Å². The quantitative estimate of drug-likeness (QED) is 0.439. The van der Waals surface area contributed by atoms with Crippen LogP contribution >= 0.6 is 0 Å². The Balaban J connectivity index is 1.86. The third kappa shape index (κ3) is 6.23. The van der Waals surface area contributed by atoms with Crippen LogP contribution in [0.3, 0.4) is 0 Å². The van der Waals surface area contributed by atoms with Crippen molar-refractivity contribution in [3.63, 3.8) is 0 Å². The Labute approximate surface area is 189 Å². The molecule has 0 bridgehead atoms. The minimum Gasteiger partial charge on any atom is -0.467 e. The van der Waals surface area contributed by atoms with Crippen molar-refractivity contribution >= 4 is 16.0 Å². The number of hydrogen-bond acceptors (Lipinski definition) is 5. The van der Waals surface area contributed by atoms with Gasteiger partial charge in [-0.15, -0.1) is 0 Å². The van der Waals surface area contributed by atoms with Gasteiger partial charge in [-0.3, -0.25) is 4.79 Å². The van der Waals surface area contributed by atoms with E-state index in [0.29, 0.717) is 11.3 Å². The van der Waals surface area contributed by atoms with Crippen LogP contribution in [0, 0.1) is 0 Å². The highest BCUT2D eigenvalue weighted by molar-refractivity contribution is 7.87. The number of carbonyl (C=O) groups is 1. The molecule has 0 N–H and O–H groups in total. The molecule has 170 valence electrons. The van der Waals surface area contributed by atoms with E-state index in [9.17, 15) is 13.2 Å². The van der Waals surface area contributed by atoms with Gasteiger partial charge in [0.05, 0.1) is 18.6 Å². The molecule has 3 rings (SSSR count). The lowest BCUT2D eigenvalue weighted by molar-refractivity contribution is 0.0717. The van der Waals surface area contributed by atoms with Crippen LogP contribution in [0.5, 0.6) is 5.75 Å². The fourth-order valence-electron chi connectivity index (χ4n) is 3.21. The number of rotatable bonds is 8. The van der Waals surface area contributed by atoms with Crippen molar-refractivity contribution in [1.29, 1.82) is 0 Å². The summed E-state index contributed by atoms with van der Waals surface area (Å²) < 4.78 is 34.2. The van der Waals surface area contributed by atoms with Gasteiger partial charge in [0, 0.05) is 12.1 Å². The first-order valence-corrected chi connectivity index (χ1v) is 12.1. The van der Waals surface area contributed by atoms with E-state index < -0.39 is 10.1 Å². The molecular weight excluding hydrogens is 426 g/mol. The van der Waals surface area contributed by atoms with Crippen molar-refractivity contribution in [2.45, 2.75) is 46.2 Å². The van der Waals surface area contributed by atoms with E-state index in [4.69, 9.17) is 8.60 Å². The van der Waals surface area contributed by atoms with Gasteiger partial charge in [0.25, 0.3) is 5.91 Å². The predicted octanol–water partition coefficient (Wildman–Crippen LogP) is 5.15. The summed E-state index contributed by atoms with van der Waals surface area (Å²) in [5, 5.41) is 0. The van der Waals surface area contributed by atoms with Gasteiger partial charge >= 0.3 is 10.1 Å². The Morgan fingerprint density at radius 1 is 1.00 bits per heavy atom. The molecule has 0 aliphatic heterocycles. The Kier molecular flexibility index (Phi) is 7.09. The molecule has 6 nitrogen and oxygen atoms in total. The van der Waals surface area contributed by atoms with E-state index in [0.717, 1.165) is 11.1 Å². The van der Waals surface area contributed by atoms with Crippen LogP contribution in [0.1, 0.15) is 54.9 Å². The summed E-state index contributed by atoms with van der Waals surface area (Å²) in [6, 6.07) is 18.0. The van der Waals surface area contributed by atoms with Crippen molar-refractivity contribution in [2.24, 2.45) is 0 Å². The van der Waals surface area contributed by atoms with Crippen LogP contribution in [-0.2, 0) is 28.6 Å². The van der Waals surface area contributed by atoms with Crippen LogP contribution in [0.25, 0.3) is 0 Å². The molecule has 2 aromatic carbocycles. The standard InChI is InChI=1S/C25H29NO5S/c1-5-32(28,29)31-22-9-6-8-19(16-22)17-26(18-23-10-7-15-30-23)24(27)20-11-13-21(14-12-20)25(2,3)4/h6-16H,5,17-18H2,1-4H3. The Morgan fingerprint density at radius 3 is 2.31 bits per heavy atom. The number of furan rings is 1. The lowest BCUT2D eigenvalue weighted by Gasteiger charge is -2.23.